The van der Waals surface area contributed by atoms with E-state index in [1.807, 2.05) is 13.0 Å². The quantitative estimate of drug-likeness (QED) is 0.818. The number of carbonyl (C=O) groups is 1. The number of oxazole rings is 1. The third-order valence-corrected chi connectivity index (χ3v) is 2.00. The van der Waals surface area contributed by atoms with Crippen molar-refractivity contribution in [2.45, 2.75) is 6.92 Å². The van der Waals surface area contributed by atoms with Crippen LogP contribution in [0.4, 0.5) is 11.7 Å². The average molecular weight is 219 g/mol. The molecule has 2 aromatic rings. The van der Waals surface area contributed by atoms with Gasteiger partial charge in [-0.25, -0.2) is 4.79 Å². The van der Waals surface area contributed by atoms with E-state index in [9.17, 15) is 4.79 Å². The molecule has 0 spiro atoms. The van der Waals surface area contributed by atoms with Crippen molar-refractivity contribution >= 4 is 17.7 Å². The molecular weight excluding hydrogens is 210 g/mol. The Bertz CT molecular complexity index is 522. The number of aromatic nitrogens is 2. The molecule has 0 unspecified atom stereocenters. The third-order valence-electron chi connectivity index (χ3n) is 2.00. The fraction of sp³-hybridized carbons (Fsp3) is 0.100. The number of carboxylic acid groups (broad SMARTS) is 1. The molecule has 0 bridgehead atoms. The van der Waals surface area contributed by atoms with Gasteiger partial charge in [0.25, 0.3) is 6.01 Å². The second kappa shape index (κ2) is 4.01. The van der Waals surface area contributed by atoms with E-state index < -0.39 is 5.97 Å². The van der Waals surface area contributed by atoms with Gasteiger partial charge in [-0.3, -0.25) is 4.98 Å². The highest BCUT2D eigenvalue weighted by atomic mass is 16.4. The molecule has 0 aliphatic heterocycles. The Morgan fingerprint density at radius 2 is 2.38 bits per heavy atom. The largest absolute Gasteiger partial charge is 0.476 e. The molecule has 6 nitrogen and oxygen atoms in total. The van der Waals surface area contributed by atoms with E-state index in [0.717, 1.165) is 17.5 Å². The van der Waals surface area contributed by atoms with Crippen LogP contribution in [0.2, 0.25) is 0 Å². The molecule has 0 radical (unpaired) electrons. The summed E-state index contributed by atoms with van der Waals surface area (Å²) in [6.45, 7) is 1.89. The smallest absolute Gasteiger partial charge is 0.357 e. The van der Waals surface area contributed by atoms with Gasteiger partial charge in [0.15, 0.2) is 5.69 Å². The molecular formula is C10H9N3O3. The maximum Gasteiger partial charge on any atom is 0.357 e. The van der Waals surface area contributed by atoms with Crippen LogP contribution in [-0.2, 0) is 0 Å². The lowest BCUT2D eigenvalue weighted by atomic mass is 10.2. The molecule has 2 heterocycles. The summed E-state index contributed by atoms with van der Waals surface area (Å²) in [4.78, 5) is 18.2. The summed E-state index contributed by atoms with van der Waals surface area (Å²) >= 11 is 0. The molecule has 0 aliphatic carbocycles. The van der Waals surface area contributed by atoms with E-state index in [1.54, 1.807) is 12.4 Å². The van der Waals surface area contributed by atoms with Crippen molar-refractivity contribution in [1.29, 1.82) is 0 Å². The van der Waals surface area contributed by atoms with Crippen LogP contribution in [0.15, 0.2) is 29.1 Å². The van der Waals surface area contributed by atoms with Gasteiger partial charge in [-0.05, 0) is 18.6 Å². The van der Waals surface area contributed by atoms with Gasteiger partial charge >= 0.3 is 5.97 Å². The molecule has 2 rings (SSSR count). The number of pyridine rings is 1. The van der Waals surface area contributed by atoms with Crippen molar-refractivity contribution in [3.8, 4) is 0 Å². The number of rotatable bonds is 3. The number of nitrogens with zero attached hydrogens (tertiary/aromatic N) is 2. The van der Waals surface area contributed by atoms with Crippen molar-refractivity contribution in [3.05, 3.63) is 36.0 Å². The topological polar surface area (TPSA) is 88.2 Å². The fourth-order valence-electron chi connectivity index (χ4n) is 1.14. The zero-order chi connectivity index (χ0) is 11.5. The Kier molecular flexibility index (Phi) is 2.55. The molecule has 82 valence electrons. The predicted molar refractivity (Wildman–Crippen MR) is 55.7 cm³/mol. The van der Waals surface area contributed by atoms with Crippen LogP contribution in [0.5, 0.6) is 0 Å². The Balaban J connectivity index is 2.21. The SMILES string of the molecule is Cc1ccncc1Nc1nc(C(=O)O)co1. The van der Waals surface area contributed by atoms with Gasteiger partial charge in [0, 0.05) is 6.20 Å². The number of hydrogen-bond acceptors (Lipinski definition) is 5. The van der Waals surface area contributed by atoms with E-state index in [0.29, 0.717) is 0 Å². The van der Waals surface area contributed by atoms with Crippen LogP contribution >= 0.6 is 0 Å². The van der Waals surface area contributed by atoms with Crippen molar-refractivity contribution in [2.75, 3.05) is 5.32 Å². The third kappa shape index (κ3) is 2.00. The first-order valence-electron chi connectivity index (χ1n) is 4.53. The number of nitrogens with one attached hydrogen (secondary N) is 1. The van der Waals surface area contributed by atoms with Gasteiger partial charge in [-0.1, -0.05) is 0 Å². The molecule has 16 heavy (non-hydrogen) atoms. The number of aryl methyl sites for hydroxylation is 1. The van der Waals surface area contributed by atoms with Gasteiger partial charge in [-0.2, -0.15) is 4.98 Å². The van der Waals surface area contributed by atoms with E-state index >= 15 is 0 Å². The van der Waals surface area contributed by atoms with Crippen molar-refractivity contribution in [2.24, 2.45) is 0 Å². The van der Waals surface area contributed by atoms with Gasteiger partial charge in [0.2, 0.25) is 0 Å². The molecule has 6 heteroatoms. The maximum atomic E-state index is 10.6. The Morgan fingerprint density at radius 1 is 1.56 bits per heavy atom. The Labute approximate surface area is 91.0 Å². The Hall–Kier alpha value is -2.37. The lowest BCUT2D eigenvalue weighted by Crippen LogP contribution is -1.98. The number of anilines is 2. The molecule has 2 aromatic heterocycles. The first kappa shape index (κ1) is 10.2. The van der Waals surface area contributed by atoms with Gasteiger partial charge in [0.1, 0.15) is 6.26 Å². The van der Waals surface area contributed by atoms with Crippen molar-refractivity contribution in [1.82, 2.24) is 9.97 Å². The Morgan fingerprint density at radius 3 is 3.00 bits per heavy atom. The number of aromatic carboxylic acids is 1. The standard InChI is InChI=1S/C10H9N3O3/c1-6-2-3-11-4-7(6)12-10-13-8(5-16-10)9(14)15/h2-5H,1H3,(H,12,13)(H,14,15). The lowest BCUT2D eigenvalue weighted by Gasteiger charge is -2.03. The summed E-state index contributed by atoms with van der Waals surface area (Å²) in [5.74, 6) is -1.13. The summed E-state index contributed by atoms with van der Waals surface area (Å²) in [7, 11) is 0. The van der Waals surface area contributed by atoms with Crippen LogP contribution in [0.25, 0.3) is 0 Å². The van der Waals surface area contributed by atoms with E-state index in [-0.39, 0.29) is 11.7 Å². The second-order valence-electron chi connectivity index (χ2n) is 3.16. The van der Waals surface area contributed by atoms with Crippen LogP contribution in [0.3, 0.4) is 0 Å². The van der Waals surface area contributed by atoms with Crippen LogP contribution in [-0.4, -0.2) is 21.0 Å². The van der Waals surface area contributed by atoms with E-state index in [4.69, 9.17) is 9.52 Å². The summed E-state index contributed by atoms with van der Waals surface area (Å²) in [6.07, 6.45) is 4.36. The molecule has 0 fully saturated rings. The van der Waals surface area contributed by atoms with Gasteiger partial charge in [0.05, 0.1) is 11.9 Å². The second-order valence-corrected chi connectivity index (χ2v) is 3.16. The summed E-state index contributed by atoms with van der Waals surface area (Å²) in [5, 5.41) is 11.5. The van der Waals surface area contributed by atoms with E-state index in [1.165, 1.54) is 0 Å². The van der Waals surface area contributed by atoms with Crippen LogP contribution in [0.1, 0.15) is 16.1 Å². The molecule has 0 saturated carbocycles. The predicted octanol–water partition coefficient (Wildman–Crippen LogP) is 1.82. The number of carboxylic acids is 1. The summed E-state index contributed by atoms with van der Waals surface area (Å²) in [5.41, 5.74) is 1.55. The van der Waals surface area contributed by atoms with Gasteiger partial charge < -0.3 is 14.8 Å². The molecule has 0 aliphatic rings. The highest BCUT2D eigenvalue weighted by molar-refractivity contribution is 5.85. The first-order valence-corrected chi connectivity index (χ1v) is 4.53. The monoisotopic (exact) mass is 219 g/mol. The fourth-order valence-corrected chi connectivity index (χ4v) is 1.14. The summed E-state index contributed by atoms with van der Waals surface area (Å²) < 4.78 is 4.95. The molecule has 0 aromatic carbocycles. The minimum atomic E-state index is -1.13. The molecule has 0 saturated heterocycles. The molecule has 0 amide bonds. The zero-order valence-corrected chi connectivity index (χ0v) is 8.47. The highest BCUT2D eigenvalue weighted by Crippen LogP contribution is 2.18. The maximum absolute atomic E-state index is 10.6. The van der Waals surface area contributed by atoms with Crippen LogP contribution in [0, 0.1) is 6.92 Å². The van der Waals surface area contributed by atoms with Crippen molar-refractivity contribution in [3.63, 3.8) is 0 Å². The highest BCUT2D eigenvalue weighted by Gasteiger charge is 2.10. The van der Waals surface area contributed by atoms with Gasteiger partial charge in [-0.15, -0.1) is 0 Å². The zero-order valence-electron chi connectivity index (χ0n) is 8.47. The van der Waals surface area contributed by atoms with Crippen molar-refractivity contribution < 1.29 is 14.3 Å². The lowest BCUT2D eigenvalue weighted by molar-refractivity contribution is 0.0690. The van der Waals surface area contributed by atoms with Crippen LogP contribution < -0.4 is 5.32 Å². The molecule has 0 atom stereocenters. The minimum Gasteiger partial charge on any atom is -0.476 e. The molecule has 2 N–H and O–H groups in total. The van der Waals surface area contributed by atoms with E-state index in [2.05, 4.69) is 15.3 Å². The first-order chi connectivity index (χ1) is 7.66. The summed E-state index contributed by atoms with van der Waals surface area (Å²) in [6, 6.07) is 1.96. The minimum absolute atomic E-state index is 0.133. The average Bonchev–Trinajstić information content (AvgIpc) is 2.70. The number of hydrogen-bond donors (Lipinski definition) is 2. The normalized spacial score (nSPS) is 10.1.